The van der Waals surface area contributed by atoms with Crippen molar-refractivity contribution in [1.82, 2.24) is 4.98 Å². The van der Waals surface area contributed by atoms with Gasteiger partial charge < -0.3 is 19.5 Å². The van der Waals surface area contributed by atoms with Gasteiger partial charge in [-0.1, -0.05) is 11.6 Å². The fourth-order valence-electron chi connectivity index (χ4n) is 3.36. The van der Waals surface area contributed by atoms with Crippen LogP contribution in [0.4, 0.5) is 5.69 Å². The van der Waals surface area contributed by atoms with Crippen molar-refractivity contribution in [3.8, 4) is 11.5 Å². The van der Waals surface area contributed by atoms with Crippen LogP contribution in [0.1, 0.15) is 28.0 Å². The molecule has 6 nitrogen and oxygen atoms in total. The van der Waals surface area contributed by atoms with Crippen LogP contribution >= 0.6 is 0 Å². The van der Waals surface area contributed by atoms with E-state index in [2.05, 4.69) is 10.3 Å². The maximum atomic E-state index is 13.2. The van der Waals surface area contributed by atoms with E-state index in [9.17, 15) is 4.79 Å². The van der Waals surface area contributed by atoms with Gasteiger partial charge in [0, 0.05) is 23.6 Å². The van der Waals surface area contributed by atoms with Crippen LogP contribution in [-0.2, 0) is 4.74 Å². The lowest BCUT2D eigenvalue weighted by molar-refractivity contribution is 0.102. The molecule has 0 bridgehead atoms. The summed E-state index contributed by atoms with van der Waals surface area (Å²) in [7, 11) is 3.13. The molecule has 0 radical (unpaired) electrons. The summed E-state index contributed by atoms with van der Waals surface area (Å²) in [6.07, 6.45) is 2.84. The van der Waals surface area contributed by atoms with Crippen LogP contribution in [0.5, 0.6) is 11.5 Å². The Morgan fingerprint density at radius 2 is 1.90 bits per heavy atom. The molecule has 6 heteroatoms. The van der Waals surface area contributed by atoms with Crippen LogP contribution in [0, 0.1) is 6.92 Å². The number of pyridine rings is 1. The maximum absolute atomic E-state index is 13.2. The Labute approximate surface area is 169 Å². The van der Waals surface area contributed by atoms with Crippen molar-refractivity contribution in [1.29, 1.82) is 0 Å². The Kier molecular flexibility index (Phi) is 5.08. The highest BCUT2D eigenvalue weighted by molar-refractivity contribution is 6.13. The lowest BCUT2D eigenvalue weighted by atomic mass is 10.0. The van der Waals surface area contributed by atoms with Crippen LogP contribution in [-0.4, -0.2) is 31.7 Å². The number of aromatic nitrogens is 1. The highest BCUT2D eigenvalue weighted by atomic mass is 16.5. The number of aryl methyl sites for hydroxylation is 1. The minimum Gasteiger partial charge on any atom is -0.493 e. The third-order valence-corrected chi connectivity index (χ3v) is 4.81. The molecule has 148 valence electrons. The fourth-order valence-corrected chi connectivity index (χ4v) is 3.36. The molecule has 1 aliphatic heterocycles. The first-order valence-electron chi connectivity index (χ1n) is 9.37. The van der Waals surface area contributed by atoms with E-state index < -0.39 is 0 Å². The summed E-state index contributed by atoms with van der Waals surface area (Å²) in [5.41, 5.74) is 3.63. The summed E-state index contributed by atoms with van der Waals surface area (Å²) in [4.78, 5) is 17.9. The summed E-state index contributed by atoms with van der Waals surface area (Å²) in [5, 5.41) is 3.75. The van der Waals surface area contributed by atoms with Gasteiger partial charge in [0.25, 0.3) is 5.91 Å². The highest BCUT2D eigenvalue weighted by Crippen LogP contribution is 2.31. The smallest absolute Gasteiger partial charge is 0.256 e. The molecule has 1 aromatic heterocycles. The van der Waals surface area contributed by atoms with Gasteiger partial charge in [-0.25, -0.2) is 4.98 Å². The highest BCUT2D eigenvalue weighted by Gasteiger charge is 2.18. The third-order valence-electron chi connectivity index (χ3n) is 4.81. The molecule has 0 atom stereocenters. The SMILES string of the molecule is COc1ccc(NC(=O)c2cc(C3=CCCO3)nc3ccc(C)cc23)cc1OC. The van der Waals surface area contributed by atoms with Crippen molar-refractivity contribution in [2.45, 2.75) is 13.3 Å². The molecule has 0 saturated carbocycles. The Morgan fingerprint density at radius 1 is 1.07 bits per heavy atom. The predicted molar refractivity (Wildman–Crippen MR) is 113 cm³/mol. The molecule has 1 aliphatic rings. The van der Waals surface area contributed by atoms with Crippen LogP contribution in [0.15, 0.2) is 48.5 Å². The van der Waals surface area contributed by atoms with Gasteiger partial charge in [0.05, 0.1) is 31.9 Å². The van der Waals surface area contributed by atoms with E-state index in [1.54, 1.807) is 38.5 Å². The first kappa shape index (κ1) is 18.8. The van der Waals surface area contributed by atoms with Gasteiger partial charge in [-0.05, 0) is 43.3 Å². The Balaban J connectivity index is 1.75. The quantitative estimate of drug-likeness (QED) is 0.691. The van der Waals surface area contributed by atoms with E-state index in [0.717, 1.165) is 22.9 Å². The fraction of sp³-hybridized carbons (Fsp3) is 0.217. The number of hydrogen-bond acceptors (Lipinski definition) is 5. The third kappa shape index (κ3) is 3.74. The van der Waals surface area contributed by atoms with E-state index >= 15 is 0 Å². The summed E-state index contributed by atoms with van der Waals surface area (Å²) in [6.45, 7) is 2.63. The monoisotopic (exact) mass is 390 g/mol. The van der Waals surface area contributed by atoms with Gasteiger partial charge >= 0.3 is 0 Å². The Bertz CT molecular complexity index is 1120. The van der Waals surface area contributed by atoms with Crippen molar-refractivity contribution >= 4 is 28.3 Å². The largest absolute Gasteiger partial charge is 0.493 e. The van der Waals surface area contributed by atoms with Crippen molar-refractivity contribution in [2.75, 3.05) is 26.1 Å². The van der Waals surface area contributed by atoms with E-state index in [1.807, 2.05) is 31.2 Å². The molecular formula is C23H22N2O4. The first-order valence-corrected chi connectivity index (χ1v) is 9.37. The van der Waals surface area contributed by atoms with E-state index in [1.165, 1.54) is 0 Å². The van der Waals surface area contributed by atoms with Gasteiger partial charge in [0.2, 0.25) is 0 Å². The number of anilines is 1. The zero-order valence-corrected chi connectivity index (χ0v) is 16.6. The molecule has 0 fully saturated rings. The van der Waals surface area contributed by atoms with E-state index in [0.29, 0.717) is 40.8 Å². The Hall–Kier alpha value is -3.54. The Morgan fingerprint density at radius 3 is 2.62 bits per heavy atom. The van der Waals surface area contributed by atoms with Crippen LogP contribution < -0.4 is 14.8 Å². The number of ether oxygens (including phenoxy) is 3. The number of hydrogen-bond donors (Lipinski definition) is 1. The summed E-state index contributed by atoms with van der Waals surface area (Å²) in [5.74, 6) is 1.64. The molecule has 0 unspecified atom stereocenters. The molecule has 4 rings (SSSR count). The van der Waals surface area contributed by atoms with Gasteiger partial charge in [0.15, 0.2) is 11.5 Å². The van der Waals surface area contributed by atoms with Crippen molar-refractivity contribution in [2.24, 2.45) is 0 Å². The summed E-state index contributed by atoms with van der Waals surface area (Å²) in [6, 6.07) is 12.9. The zero-order valence-electron chi connectivity index (χ0n) is 16.6. The number of nitrogens with one attached hydrogen (secondary N) is 1. The van der Waals surface area contributed by atoms with Crippen molar-refractivity contribution in [3.63, 3.8) is 0 Å². The number of fused-ring (bicyclic) bond motifs is 1. The number of carbonyl (C=O) groups excluding carboxylic acids is 1. The molecule has 3 aromatic rings. The van der Waals surface area contributed by atoms with E-state index in [4.69, 9.17) is 14.2 Å². The van der Waals surface area contributed by atoms with Crippen LogP contribution in [0.3, 0.4) is 0 Å². The second-order valence-electron chi connectivity index (χ2n) is 6.81. The second-order valence-corrected chi connectivity index (χ2v) is 6.81. The number of amides is 1. The van der Waals surface area contributed by atoms with E-state index in [-0.39, 0.29) is 5.91 Å². The maximum Gasteiger partial charge on any atom is 0.256 e. The lowest BCUT2D eigenvalue weighted by Gasteiger charge is -2.13. The number of rotatable bonds is 5. The standard InChI is InChI=1S/C23H22N2O4/c1-14-6-8-18-16(11-14)17(13-19(25-18)20-5-4-10-29-20)23(26)24-15-7-9-21(27-2)22(12-15)28-3/h5-9,11-13H,4,10H2,1-3H3,(H,24,26). The average Bonchev–Trinajstić information content (AvgIpc) is 3.27. The van der Waals surface area contributed by atoms with Crippen molar-refractivity contribution < 1.29 is 19.0 Å². The molecular weight excluding hydrogens is 368 g/mol. The minimum absolute atomic E-state index is 0.227. The summed E-state index contributed by atoms with van der Waals surface area (Å²) >= 11 is 0. The second kappa shape index (κ2) is 7.83. The lowest BCUT2D eigenvalue weighted by Crippen LogP contribution is -2.14. The normalized spacial score (nSPS) is 13.0. The predicted octanol–water partition coefficient (Wildman–Crippen LogP) is 4.57. The molecule has 0 aliphatic carbocycles. The number of nitrogens with zero attached hydrogens (tertiary/aromatic N) is 1. The molecule has 0 spiro atoms. The van der Waals surface area contributed by atoms with Crippen LogP contribution in [0.2, 0.25) is 0 Å². The van der Waals surface area contributed by atoms with Gasteiger partial charge in [-0.15, -0.1) is 0 Å². The molecule has 2 heterocycles. The molecule has 1 amide bonds. The van der Waals surface area contributed by atoms with Gasteiger partial charge in [0.1, 0.15) is 11.5 Å². The molecule has 1 N–H and O–H groups in total. The zero-order chi connectivity index (χ0) is 20.4. The number of carbonyl (C=O) groups is 1. The summed E-state index contributed by atoms with van der Waals surface area (Å²) < 4.78 is 16.2. The topological polar surface area (TPSA) is 69.7 Å². The molecule has 2 aromatic carbocycles. The number of methoxy groups -OCH3 is 2. The van der Waals surface area contributed by atoms with Gasteiger partial charge in [-0.3, -0.25) is 4.79 Å². The molecule has 29 heavy (non-hydrogen) atoms. The number of benzene rings is 2. The van der Waals surface area contributed by atoms with Crippen LogP contribution in [0.25, 0.3) is 16.7 Å². The van der Waals surface area contributed by atoms with Gasteiger partial charge in [-0.2, -0.15) is 0 Å². The average molecular weight is 390 g/mol. The first-order chi connectivity index (χ1) is 14.1. The van der Waals surface area contributed by atoms with Crippen molar-refractivity contribution in [3.05, 3.63) is 65.4 Å². The molecule has 0 saturated heterocycles. The minimum atomic E-state index is -0.227.